The summed E-state index contributed by atoms with van der Waals surface area (Å²) in [7, 11) is 0. The van der Waals surface area contributed by atoms with E-state index in [0.717, 1.165) is 24.5 Å². The lowest BCUT2D eigenvalue weighted by atomic mass is 9.90. The van der Waals surface area contributed by atoms with Gasteiger partial charge in [0.2, 0.25) is 0 Å². The average Bonchev–Trinajstić information content (AvgIpc) is 2.40. The number of nitrogens with zero attached hydrogens (tertiary/aromatic N) is 2. The summed E-state index contributed by atoms with van der Waals surface area (Å²) >= 11 is 0. The van der Waals surface area contributed by atoms with Crippen molar-refractivity contribution in [2.45, 2.75) is 38.3 Å². The number of hydrogen-bond donors (Lipinski definition) is 1. The van der Waals surface area contributed by atoms with Gasteiger partial charge in [-0.3, -0.25) is 0 Å². The fourth-order valence-electron chi connectivity index (χ4n) is 2.33. The molecular formula is C15H21N3O. The van der Waals surface area contributed by atoms with E-state index in [4.69, 9.17) is 15.7 Å². The molecule has 0 spiro atoms. The predicted octanol–water partition coefficient (Wildman–Crippen LogP) is 2.30. The molecule has 1 aromatic carbocycles. The highest BCUT2D eigenvalue weighted by Gasteiger charge is 2.31. The van der Waals surface area contributed by atoms with E-state index in [9.17, 15) is 0 Å². The SMILES string of the molecule is CC(C)Oc1ccccc1N1CCC(N)(C#N)CC1. The maximum atomic E-state index is 9.06. The summed E-state index contributed by atoms with van der Waals surface area (Å²) in [6, 6.07) is 10.3. The van der Waals surface area contributed by atoms with E-state index in [1.165, 1.54) is 0 Å². The lowest BCUT2D eigenvalue weighted by Gasteiger charge is -2.36. The van der Waals surface area contributed by atoms with Crippen molar-refractivity contribution in [1.82, 2.24) is 0 Å². The number of rotatable bonds is 3. The van der Waals surface area contributed by atoms with E-state index in [0.29, 0.717) is 12.8 Å². The van der Waals surface area contributed by atoms with Crippen LogP contribution in [0.4, 0.5) is 5.69 Å². The molecule has 1 aliphatic heterocycles. The monoisotopic (exact) mass is 259 g/mol. The average molecular weight is 259 g/mol. The Bertz CT molecular complexity index is 471. The van der Waals surface area contributed by atoms with E-state index in [1.54, 1.807) is 0 Å². The number of hydrogen-bond acceptors (Lipinski definition) is 4. The highest BCUT2D eigenvalue weighted by atomic mass is 16.5. The van der Waals surface area contributed by atoms with Crippen LogP contribution in [0.2, 0.25) is 0 Å². The second-order valence-corrected chi connectivity index (χ2v) is 5.39. The van der Waals surface area contributed by atoms with Crippen molar-refractivity contribution in [1.29, 1.82) is 5.26 Å². The number of nitriles is 1. The molecule has 102 valence electrons. The molecule has 1 aliphatic rings. The number of ether oxygens (including phenoxy) is 1. The van der Waals surface area contributed by atoms with Crippen molar-refractivity contribution in [3.8, 4) is 11.8 Å². The smallest absolute Gasteiger partial charge is 0.142 e. The van der Waals surface area contributed by atoms with E-state index in [2.05, 4.69) is 17.0 Å². The van der Waals surface area contributed by atoms with Gasteiger partial charge < -0.3 is 15.4 Å². The summed E-state index contributed by atoms with van der Waals surface area (Å²) in [5.41, 5.74) is 6.43. The lowest BCUT2D eigenvalue weighted by Crippen LogP contribution is -2.49. The van der Waals surface area contributed by atoms with E-state index >= 15 is 0 Å². The van der Waals surface area contributed by atoms with Gasteiger partial charge in [0.1, 0.15) is 11.3 Å². The molecule has 4 nitrogen and oxygen atoms in total. The van der Waals surface area contributed by atoms with Crippen molar-refractivity contribution in [3.05, 3.63) is 24.3 Å². The first-order valence-electron chi connectivity index (χ1n) is 6.75. The van der Waals surface area contributed by atoms with Crippen molar-refractivity contribution in [2.75, 3.05) is 18.0 Å². The van der Waals surface area contributed by atoms with Crippen LogP contribution in [-0.2, 0) is 0 Å². The first-order valence-corrected chi connectivity index (χ1v) is 6.75. The molecule has 0 aliphatic carbocycles. The zero-order valence-electron chi connectivity index (χ0n) is 11.6. The number of anilines is 1. The largest absolute Gasteiger partial charge is 0.489 e. The summed E-state index contributed by atoms with van der Waals surface area (Å²) in [5.74, 6) is 0.902. The summed E-state index contributed by atoms with van der Waals surface area (Å²) in [6.07, 6.45) is 1.54. The Morgan fingerprint density at radius 1 is 1.32 bits per heavy atom. The molecule has 0 atom stereocenters. The quantitative estimate of drug-likeness (QED) is 0.904. The maximum absolute atomic E-state index is 9.06. The van der Waals surface area contributed by atoms with Crippen molar-refractivity contribution < 1.29 is 4.74 Å². The third-order valence-corrected chi connectivity index (χ3v) is 3.45. The molecule has 2 rings (SSSR count). The number of benzene rings is 1. The minimum absolute atomic E-state index is 0.152. The lowest BCUT2D eigenvalue weighted by molar-refractivity contribution is 0.242. The number of piperidine rings is 1. The molecule has 0 bridgehead atoms. The first-order chi connectivity index (χ1) is 9.04. The van der Waals surface area contributed by atoms with Gasteiger partial charge in [0.25, 0.3) is 0 Å². The second-order valence-electron chi connectivity index (χ2n) is 5.39. The summed E-state index contributed by atoms with van der Waals surface area (Å²) in [4.78, 5) is 2.25. The molecule has 0 amide bonds. The Labute approximate surface area is 114 Å². The third kappa shape index (κ3) is 3.18. The number of para-hydroxylation sites is 2. The Balaban J connectivity index is 2.14. The Morgan fingerprint density at radius 2 is 1.95 bits per heavy atom. The molecule has 1 aromatic rings. The van der Waals surface area contributed by atoms with E-state index in [-0.39, 0.29) is 6.10 Å². The van der Waals surface area contributed by atoms with Crippen LogP contribution >= 0.6 is 0 Å². The normalized spacial score (nSPS) is 18.2. The Kier molecular flexibility index (Phi) is 3.96. The van der Waals surface area contributed by atoms with Gasteiger partial charge in [0.15, 0.2) is 0 Å². The maximum Gasteiger partial charge on any atom is 0.142 e. The minimum Gasteiger partial charge on any atom is -0.489 e. The van der Waals surface area contributed by atoms with Crippen LogP contribution in [0.5, 0.6) is 5.75 Å². The molecule has 4 heteroatoms. The van der Waals surface area contributed by atoms with Crippen LogP contribution in [-0.4, -0.2) is 24.7 Å². The summed E-state index contributed by atoms with van der Waals surface area (Å²) < 4.78 is 5.84. The van der Waals surface area contributed by atoms with Gasteiger partial charge in [-0.1, -0.05) is 12.1 Å². The van der Waals surface area contributed by atoms with Crippen LogP contribution in [0.1, 0.15) is 26.7 Å². The van der Waals surface area contributed by atoms with Crippen LogP contribution < -0.4 is 15.4 Å². The number of nitrogens with two attached hydrogens (primary N) is 1. The zero-order valence-corrected chi connectivity index (χ0v) is 11.6. The minimum atomic E-state index is -0.662. The first kappa shape index (κ1) is 13.7. The summed E-state index contributed by atoms with van der Waals surface area (Å²) in [5, 5.41) is 9.06. The summed E-state index contributed by atoms with van der Waals surface area (Å²) in [6.45, 7) is 5.63. The van der Waals surface area contributed by atoms with Gasteiger partial charge in [-0.25, -0.2) is 0 Å². The van der Waals surface area contributed by atoms with Crippen molar-refractivity contribution in [2.24, 2.45) is 5.73 Å². The zero-order chi connectivity index (χ0) is 13.9. The molecule has 0 radical (unpaired) electrons. The van der Waals surface area contributed by atoms with Crippen LogP contribution in [0.25, 0.3) is 0 Å². The second kappa shape index (κ2) is 5.50. The van der Waals surface area contributed by atoms with Gasteiger partial charge in [-0.05, 0) is 38.8 Å². The fourth-order valence-corrected chi connectivity index (χ4v) is 2.33. The standard InChI is InChI=1S/C15H21N3O/c1-12(2)19-14-6-4-3-5-13(14)18-9-7-15(17,11-16)8-10-18/h3-6,12H,7-10,17H2,1-2H3. The Morgan fingerprint density at radius 3 is 2.53 bits per heavy atom. The molecular weight excluding hydrogens is 238 g/mol. The highest BCUT2D eigenvalue weighted by Crippen LogP contribution is 2.32. The van der Waals surface area contributed by atoms with Crippen LogP contribution in [0.3, 0.4) is 0 Å². The van der Waals surface area contributed by atoms with Gasteiger partial charge in [-0.2, -0.15) is 5.26 Å². The molecule has 0 saturated carbocycles. The molecule has 1 fully saturated rings. The van der Waals surface area contributed by atoms with Gasteiger partial charge in [0, 0.05) is 13.1 Å². The molecule has 2 N–H and O–H groups in total. The molecule has 0 unspecified atom stereocenters. The molecule has 1 heterocycles. The topological polar surface area (TPSA) is 62.3 Å². The van der Waals surface area contributed by atoms with Crippen LogP contribution in [0.15, 0.2) is 24.3 Å². The van der Waals surface area contributed by atoms with Gasteiger partial charge in [-0.15, -0.1) is 0 Å². The van der Waals surface area contributed by atoms with Gasteiger partial charge in [0.05, 0.1) is 17.9 Å². The fraction of sp³-hybridized carbons (Fsp3) is 0.533. The van der Waals surface area contributed by atoms with Crippen molar-refractivity contribution >= 4 is 5.69 Å². The van der Waals surface area contributed by atoms with Crippen molar-refractivity contribution in [3.63, 3.8) is 0 Å². The van der Waals surface area contributed by atoms with E-state index < -0.39 is 5.54 Å². The molecule has 0 aromatic heterocycles. The van der Waals surface area contributed by atoms with E-state index in [1.807, 2.05) is 32.0 Å². The third-order valence-electron chi connectivity index (χ3n) is 3.45. The molecule has 1 saturated heterocycles. The predicted molar refractivity (Wildman–Crippen MR) is 76.2 cm³/mol. The highest BCUT2D eigenvalue weighted by molar-refractivity contribution is 5.59. The van der Waals surface area contributed by atoms with Gasteiger partial charge >= 0.3 is 0 Å². The van der Waals surface area contributed by atoms with Crippen LogP contribution in [0, 0.1) is 11.3 Å². The molecule has 19 heavy (non-hydrogen) atoms. The Hall–Kier alpha value is -1.73.